The normalized spacial score (nSPS) is 15.0. The number of hydrogen-bond acceptors (Lipinski definition) is 6. The number of rotatable bonds is 6. The number of allylic oxidation sites excluding steroid dienone is 1. The second-order valence-electron chi connectivity index (χ2n) is 8.20. The second-order valence-corrected chi connectivity index (χ2v) is 10.5. The molecule has 1 saturated heterocycles. The molecule has 11 heteroatoms. The first-order valence-corrected chi connectivity index (χ1v) is 12.9. The lowest BCUT2D eigenvalue weighted by Gasteiger charge is -2.26. The first kappa shape index (κ1) is 25.0. The number of nitrogens with zero attached hydrogens (tertiary/aromatic N) is 4. The Morgan fingerprint density at radius 2 is 1.94 bits per heavy atom. The zero-order valence-corrected chi connectivity index (χ0v) is 21.2. The van der Waals surface area contributed by atoms with E-state index in [-0.39, 0.29) is 34.7 Å². The average Bonchev–Trinajstić information content (AvgIpc) is 3.11. The van der Waals surface area contributed by atoms with Crippen LogP contribution in [0.25, 0.3) is 10.9 Å². The molecule has 0 aliphatic carbocycles. The Hall–Kier alpha value is -3.12. The molecule has 35 heavy (non-hydrogen) atoms. The quantitative estimate of drug-likeness (QED) is 0.282. The summed E-state index contributed by atoms with van der Waals surface area (Å²) >= 11 is 5.32. The molecule has 184 valence electrons. The van der Waals surface area contributed by atoms with Gasteiger partial charge in [-0.05, 0) is 67.5 Å². The van der Waals surface area contributed by atoms with Gasteiger partial charge < -0.3 is 19.7 Å². The fraction of sp³-hybridized carbons (Fsp3) is 0.292. The number of aryl methyl sites for hydroxylation is 2. The predicted molar refractivity (Wildman–Crippen MR) is 140 cm³/mol. The lowest BCUT2D eigenvalue weighted by atomic mass is 10.1. The molecule has 2 heterocycles. The number of aromatic nitrogens is 1. The predicted octanol–water partition coefficient (Wildman–Crippen LogP) is 4.65. The van der Waals surface area contributed by atoms with Gasteiger partial charge in [0.15, 0.2) is 5.69 Å². The van der Waals surface area contributed by atoms with Gasteiger partial charge in [0.05, 0.1) is 23.6 Å². The van der Waals surface area contributed by atoms with Crippen LogP contribution in [-0.4, -0.2) is 53.8 Å². The summed E-state index contributed by atoms with van der Waals surface area (Å²) in [6, 6.07) is 10.5. The fourth-order valence-electron chi connectivity index (χ4n) is 3.87. The summed E-state index contributed by atoms with van der Waals surface area (Å²) < 4.78 is 34.6. The molecular weight excluding hydrogens is 486 g/mol. The molecule has 0 atom stereocenters. The lowest BCUT2D eigenvalue weighted by Crippen LogP contribution is -2.40. The third-order valence-electron chi connectivity index (χ3n) is 5.90. The molecule has 1 fully saturated rings. The van der Waals surface area contributed by atoms with Crippen molar-refractivity contribution in [2.75, 3.05) is 31.6 Å². The number of benzene rings is 2. The van der Waals surface area contributed by atoms with E-state index in [1.165, 1.54) is 16.4 Å². The Balaban J connectivity index is 1.70. The summed E-state index contributed by atoms with van der Waals surface area (Å²) in [4.78, 5) is 0.106. The Morgan fingerprint density at radius 1 is 1.20 bits per heavy atom. The van der Waals surface area contributed by atoms with Gasteiger partial charge >= 0.3 is 0 Å². The number of aromatic hydroxyl groups is 1. The van der Waals surface area contributed by atoms with Crippen LogP contribution >= 0.6 is 12.2 Å². The molecule has 2 aromatic carbocycles. The van der Waals surface area contributed by atoms with Crippen molar-refractivity contribution in [3.63, 3.8) is 0 Å². The molecule has 4 rings (SSSR count). The SMILES string of the molecule is C=CCn1c(O)c(N=NC(=S)Nc2ccc(C)c(C)c2)c2cc(S(=O)(=O)N3CCOCC3)ccc21. The van der Waals surface area contributed by atoms with Crippen molar-refractivity contribution < 1.29 is 18.3 Å². The van der Waals surface area contributed by atoms with Crippen LogP contribution in [0.2, 0.25) is 0 Å². The second kappa shape index (κ2) is 10.2. The molecular formula is C24H27N5O4S2. The van der Waals surface area contributed by atoms with E-state index >= 15 is 0 Å². The first-order chi connectivity index (χ1) is 16.7. The molecule has 1 aliphatic heterocycles. The smallest absolute Gasteiger partial charge is 0.243 e. The van der Waals surface area contributed by atoms with Crippen LogP contribution in [0.3, 0.4) is 0 Å². The van der Waals surface area contributed by atoms with Crippen LogP contribution in [0.5, 0.6) is 5.88 Å². The van der Waals surface area contributed by atoms with E-state index in [0.717, 1.165) is 16.8 Å². The largest absolute Gasteiger partial charge is 0.493 e. The molecule has 0 bridgehead atoms. The minimum atomic E-state index is -3.73. The minimum Gasteiger partial charge on any atom is -0.493 e. The van der Waals surface area contributed by atoms with Crippen molar-refractivity contribution in [2.24, 2.45) is 10.2 Å². The van der Waals surface area contributed by atoms with Crippen molar-refractivity contribution in [1.82, 2.24) is 8.87 Å². The highest BCUT2D eigenvalue weighted by atomic mass is 32.2. The van der Waals surface area contributed by atoms with Crippen LogP contribution < -0.4 is 5.32 Å². The Bertz CT molecular complexity index is 1420. The monoisotopic (exact) mass is 513 g/mol. The maximum absolute atomic E-state index is 13.2. The van der Waals surface area contributed by atoms with Gasteiger partial charge in [0.2, 0.25) is 21.0 Å². The molecule has 2 N–H and O–H groups in total. The Morgan fingerprint density at radius 3 is 2.63 bits per heavy atom. The standard InChI is InChI=1S/C24H27N5O4S2/c1-4-9-29-21-8-7-19(35(31,32)28-10-12-33-13-11-28)15-20(21)22(23(29)30)26-27-24(34)25-18-6-5-16(2)17(3)14-18/h4-8,14-15,30H,1,9-13H2,2-3H3,(H,25,34). The number of sulfonamides is 1. The van der Waals surface area contributed by atoms with Gasteiger partial charge in [0.25, 0.3) is 0 Å². The third kappa shape index (κ3) is 5.13. The van der Waals surface area contributed by atoms with Gasteiger partial charge in [-0.3, -0.25) is 0 Å². The van der Waals surface area contributed by atoms with Crippen LogP contribution in [0.4, 0.5) is 11.4 Å². The number of hydrogen-bond donors (Lipinski definition) is 2. The van der Waals surface area contributed by atoms with Gasteiger partial charge in [0, 0.05) is 30.7 Å². The zero-order valence-electron chi connectivity index (χ0n) is 19.6. The number of anilines is 1. The van der Waals surface area contributed by atoms with Gasteiger partial charge in [0.1, 0.15) is 0 Å². The van der Waals surface area contributed by atoms with E-state index in [0.29, 0.717) is 30.7 Å². The van der Waals surface area contributed by atoms with E-state index in [4.69, 9.17) is 17.0 Å². The highest BCUT2D eigenvalue weighted by Crippen LogP contribution is 2.40. The number of thiocarbonyl (C=S) groups is 1. The number of fused-ring (bicyclic) bond motifs is 1. The van der Waals surface area contributed by atoms with Crippen LogP contribution in [-0.2, 0) is 21.3 Å². The van der Waals surface area contributed by atoms with Gasteiger partial charge in [-0.2, -0.15) is 4.31 Å². The molecule has 0 saturated carbocycles. The van der Waals surface area contributed by atoms with Gasteiger partial charge in [-0.25, -0.2) is 8.42 Å². The van der Waals surface area contributed by atoms with E-state index in [2.05, 4.69) is 22.1 Å². The summed E-state index contributed by atoms with van der Waals surface area (Å²) in [6.07, 6.45) is 1.63. The van der Waals surface area contributed by atoms with Crippen molar-refractivity contribution in [2.45, 2.75) is 25.3 Å². The Kier molecular flexibility index (Phi) is 7.31. The van der Waals surface area contributed by atoms with E-state index in [1.54, 1.807) is 16.7 Å². The van der Waals surface area contributed by atoms with Crippen molar-refractivity contribution in [1.29, 1.82) is 0 Å². The highest BCUT2D eigenvalue weighted by Gasteiger charge is 2.28. The van der Waals surface area contributed by atoms with E-state index < -0.39 is 10.0 Å². The third-order valence-corrected chi connectivity index (χ3v) is 7.98. The molecule has 0 unspecified atom stereocenters. The van der Waals surface area contributed by atoms with E-state index in [9.17, 15) is 13.5 Å². The molecule has 1 aliphatic rings. The maximum atomic E-state index is 13.2. The van der Waals surface area contributed by atoms with E-state index in [1.807, 2.05) is 32.0 Å². The maximum Gasteiger partial charge on any atom is 0.243 e. The van der Waals surface area contributed by atoms with Crippen molar-refractivity contribution in [3.8, 4) is 5.88 Å². The van der Waals surface area contributed by atoms with Crippen LogP contribution in [0.1, 0.15) is 11.1 Å². The fourth-order valence-corrected chi connectivity index (χ4v) is 5.47. The van der Waals surface area contributed by atoms with Gasteiger partial charge in [-0.1, -0.05) is 12.1 Å². The number of morpholine rings is 1. The number of azo groups is 1. The minimum absolute atomic E-state index is 0.106. The average molecular weight is 514 g/mol. The van der Waals surface area contributed by atoms with Crippen LogP contribution in [0, 0.1) is 13.8 Å². The zero-order chi connectivity index (χ0) is 25.2. The van der Waals surface area contributed by atoms with Crippen molar-refractivity contribution in [3.05, 3.63) is 60.2 Å². The van der Waals surface area contributed by atoms with Gasteiger partial charge in [-0.15, -0.1) is 16.8 Å². The highest BCUT2D eigenvalue weighted by molar-refractivity contribution is 7.89. The molecule has 1 aromatic heterocycles. The summed E-state index contributed by atoms with van der Waals surface area (Å²) in [6.45, 7) is 9.33. The summed E-state index contributed by atoms with van der Waals surface area (Å²) in [7, 11) is -3.73. The number of nitrogens with one attached hydrogen (secondary N) is 1. The molecule has 0 radical (unpaired) electrons. The topological polar surface area (TPSA) is 109 Å². The lowest BCUT2D eigenvalue weighted by molar-refractivity contribution is 0.0730. The first-order valence-electron chi connectivity index (χ1n) is 11.1. The van der Waals surface area contributed by atoms with Crippen molar-refractivity contribution >= 4 is 49.6 Å². The molecule has 9 nitrogen and oxygen atoms in total. The summed E-state index contributed by atoms with van der Waals surface area (Å²) in [5, 5.41) is 22.7. The summed E-state index contributed by atoms with van der Waals surface area (Å²) in [5.74, 6) is -0.154. The molecule has 3 aromatic rings. The summed E-state index contributed by atoms with van der Waals surface area (Å²) in [5.41, 5.74) is 3.77. The number of ether oxygens (including phenoxy) is 1. The molecule has 0 spiro atoms. The Labute approximate surface area is 209 Å². The van der Waals surface area contributed by atoms with Crippen LogP contribution in [0.15, 0.2) is 64.2 Å². The molecule has 0 amide bonds.